The van der Waals surface area contributed by atoms with E-state index in [9.17, 15) is 4.79 Å². The largest absolute Gasteiger partial charge is 0.348 e. The van der Waals surface area contributed by atoms with Crippen LogP contribution < -0.4 is 5.32 Å². The van der Waals surface area contributed by atoms with Crippen LogP contribution in [0, 0.1) is 20.8 Å². The number of carbonyl (C=O) groups is 1. The Balaban J connectivity index is 2.09. The SMILES string of the molecule is Cc1cc(C)c(C(=O)NCc2ccc(Cl)cc2)cc1C. The molecule has 0 radical (unpaired) electrons. The molecule has 0 unspecified atom stereocenters. The summed E-state index contributed by atoms with van der Waals surface area (Å²) in [5.41, 5.74) is 5.11. The molecule has 0 saturated carbocycles. The van der Waals surface area contributed by atoms with Crippen LogP contribution in [0.1, 0.15) is 32.6 Å². The van der Waals surface area contributed by atoms with Crippen molar-refractivity contribution in [3.8, 4) is 0 Å². The summed E-state index contributed by atoms with van der Waals surface area (Å²) in [7, 11) is 0. The lowest BCUT2D eigenvalue weighted by Crippen LogP contribution is -2.23. The monoisotopic (exact) mass is 287 g/mol. The molecule has 0 spiro atoms. The average Bonchev–Trinajstić information content (AvgIpc) is 2.42. The molecule has 0 bridgehead atoms. The van der Waals surface area contributed by atoms with Gasteiger partial charge < -0.3 is 5.32 Å². The molecular formula is C17H18ClNO. The molecule has 2 aromatic rings. The van der Waals surface area contributed by atoms with Crippen molar-refractivity contribution in [2.24, 2.45) is 0 Å². The van der Waals surface area contributed by atoms with Crippen LogP contribution in [-0.4, -0.2) is 5.91 Å². The fraction of sp³-hybridized carbons (Fsp3) is 0.235. The second-order valence-electron chi connectivity index (χ2n) is 5.06. The molecule has 0 fully saturated rings. The number of amides is 1. The summed E-state index contributed by atoms with van der Waals surface area (Å²) in [5, 5.41) is 3.64. The average molecular weight is 288 g/mol. The van der Waals surface area contributed by atoms with Crippen molar-refractivity contribution < 1.29 is 4.79 Å². The quantitative estimate of drug-likeness (QED) is 0.901. The molecule has 0 aliphatic heterocycles. The number of hydrogen-bond acceptors (Lipinski definition) is 1. The summed E-state index contributed by atoms with van der Waals surface area (Å²) in [6.45, 7) is 6.54. The second-order valence-corrected chi connectivity index (χ2v) is 5.50. The highest BCUT2D eigenvalue weighted by atomic mass is 35.5. The standard InChI is InChI=1S/C17H18ClNO/c1-11-8-13(3)16(9-12(11)2)17(20)19-10-14-4-6-15(18)7-5-14/h4-9H,10H2,1-3H3,(H,19,20). The Morgan fingerprint density at radius 1 is 1.00 bits per heavy atom. The van der Waals surface area contributed by atoms with Crippen LogP contribution in [0.15, 0.2) is 36.4 Å². The first-order valence-corrected chi connectivity index (χ1v) is 6.95. The molecule has 1 amide bonds. The van der Waals surface area contributed by atoms with E-state index in [1.54, 1.807) is 0 Å². The lowest BCUT2D eigenvalue weighted by Gasteiger charge is -2.10. The van der Waals surface area contributed by atoms with Crippen LogP contribution in [0.2, 0.25) is 5.02 Å². The zero-order valence-electron chi connectivity index (χ0n) is 12.0. The van der Waals surface area contributed by atoms with E-state index >= 15 is 0 Å². The lowest BCUT2D eigenvalue weighted by atomic mass is 10.0. The van der Waals surface area contributed by atoms with E-state index in [1.165, 1.54) is 5.56 Å². The lowest BCUT2D eigenvalue weighted by molar-refractivity contribution is 0.0950. The van der Waals surface area contributed by atoms with Gasteiger partial charge in [-0.25, -0.2) is 0 Å². The van der Waals surface area contributed by atoms with Gasteiger partial charge in [0.25, 0.3) is 5.91 Å². The van der Waals surface area contributed by atoms with Crippen LogP contribution in [-0.2, 0) is 6.54 Å². The molecule has 2 rings (SSSR count). The van der Waals surface area contributed by atoms with Crippen molar-refractivity contribution >= 4 is 17.5 Å². The van der Waals surface area contributed by atoms with Gasteiger partial charge in [-0.2, -0.15) is 0 Å². The topological polar surface area (TPSA) is 29.1 Å². The summed E-state index contributed by atoms with van der Waals surface area (Å²) in [5.74, 6) is -0.0412. The summed E-state index contributed by atoms with van der Waals surface area (Å²) >= 11 is 5.84. The van der Waals surface area contributed by atoms with Gasteiger partial charge in [-0.1, -0.05) is 29.8 Å². The van der Waals surface area contributed by atoms with Crippen molar-refractivity contribution in [1.29, 1.82) is 0 Å². The Morgan fingerprint density at radius 2 is 1.60 bits per heavy atom. The molecule has 0 heterocycles. The maximum atomic E-state index is 12.2. The van der Waals surface area contributed by atoms with Crippen molar-refractivity contribution in [1.82, 2.24) is 5.32 Å². The second kappa shape index (κ2) is 6.10. The van der Waals surface area contributed by atoms with E-state index in [0.29, 0.717) is 11.6 Å². The van der Waals surface area contributed by atoms with Gasteiger partial charge in [-0.05, 0) is 61.2 Å². The van der Waals surface area contributed by atoms with Crippen LogP contribution in [0.5, 0.6) is 0 Å². The minimum atomic E-state index is -0.0412. The van der Waals surface area contributed by atoms with Gasteiger partial charge in [0.1, 0.15) is 0 Å². The van der Waals surface area contributed by atoms with Crippen molar-refractivity contribution in [2.45, 2.75) is 27.3 Å². The van der Waals surface area contributed by atoms with Gasteiger partial charge in [-0.15, -0.1) is 0 Å². The highest BCUT2D eigenvalue weighted by molar-refractivity contribution is 6.30. The van der Waals surface area contributed by atoms with E-state index in [0.717, 1.165) is 22.3 Å². The number of aryl methyl sites for hydroxylation is 3. The third-order valence-corrected chi connectivity index (χ3v) is 3.70. The number of carbonyl (C=O) groups excluding carboxylic acids is 1. The summed E-state index contributed by atoms with van der Waals surface area (Å²) in [6, 6.07) is 11.5. The highest BCUT2D eigenvalue weighted by Gasteiger charge is 2.10. The van der Waals surface area contributed by atoms with Crippen LogP contribution in [0.4, 0.5) is 0 Å². The van der Waals surface area contributed by atoms with Crippen molar-refractivity contribution in [3.05, 3.63) is 69.2 Å². The predicted octanol–water partition coefficient (Wildman–Crippen LogP) is 4.20. The van der Waals surface area contributed by atoms with Gasteiger partial charge in [0.2, 0.25) is 0 Å². The Kier molecular flexibility index (Phi) is 4.46. The number of hydrogen-bond donors (Lipinski definition) is 1. The van der Waals surface area contributed by atoms with E-state index in [-0.39, 0.29) is 5.91 Å². The third-order valence-electron chi connectivity index (χ3n) is 3.45. The maximum Gasteiger partial charge on any atom is 0.251 e. The molecular weight excluding hydrogens is 270 g/mol. The van der Waals surface area contributed by atoms with E-state index in [1.807, 2.05) is 50.2 Å². The molecule has 0 aromatic heterocycles. The minimum Gasteiger partial charge on any atom is -0.348 e. The molecule has 0 aliphatic carbocycles. The molecule has 104 valence electrons. The van der Waals surface area contributed by atoms with Crippen molar-refractivity contribution in [2.75, 3.05) is 0 Å². The molecule has 0 atom stereocenters. The van der Waals surface area contributed by atoms with Gasteiger partial charge >= 0.3 is 0 Å². The molecule has 3 heteroatoms. The Labute approximate surface area is 124 Å². The van der Waals surface area contributed by atoms with E-state index in [4.69, 9.17) is 11.6 Å². The zero-order chi connectivity index (χ0) is 14.7. The first kappa shape index (κ1) is 14.6. The maximum absolute atomic E-state index is 12.2. The highest BCUT2D eigenvalue weighted by Crippen LogP contribution is 2.15. The van der Waals surface area contributed by atoms with Crippen LogP contribution >= 0.6 is 11.6 Å². The van der Waals surface area contributed by atoms with Gasteiger partial charge in [0, 0.05) is 17.1 Å². The Bertz CT molecular complexity index is 632. The fourth-order valence-electron chi connectivity index (χ4n) is 2.08. The Hall–Kier alpha value is -1.80. The number of benzene rings is 2. The summed E-state index contributed by atoms with van der Waals surface area (Å²) < 4.78 is 0. The third kappa shape index (κ3) is 3.40. The molecule has 1 N–H and O–H groups in total. The van der Waals surface area contributed by atoms with Gasteiger partial charge in [0.05, 0.1) is 0 Å². The predicted molar refractivity (Wildman–Crippen MR) is 83.3 cm³/mol. The molecule has 20 heavy (non-hydrogen) atoms. The molecule has 2 aromatic carbocycles. The van der Waals surface area contributed by atoms with E-state index < -0.39 is 0 Å². The van der Waals surface area contributed by atoms with Gasteiger partial charge in [-0.3, -0.25) is 4.79 Å². The Morgan fingerprint density at radius 3 is 2.25 bits per heavy atom. The van der Waals surface area contributed by atoms with Crippen LogP contribution in [0.25, 0.3) is 0 Å². The first-order valence-electron chi connectivity index (χ1n) is 6.58. The van der Waals surface area contributed by atoms with Crippen molar-refractivity contribution in [3.63, 3.8) is 0 Å². The summed E-state index contributed by atoms with van der Waals surface area (Å²) in [6.07, 6.45) is 0. The first-order chi connectivity index (χ1) is 9.47. The van der Waals surface area contributed by atoms with E-state index in [2.05, 4.69) is 12.2 Å². The normalized spacial score (nSPS) is 10.4. The molecule has 2 nitrogen and oxygen atoms in total. The number of rotatable bonds is 3. The fourth-order valence-corrected chi connectivity index (χ4v) is 2.21. The van der Waals surface area contributed by atoms with Crippen LogP contribution in [0.3, 0.4) is 0 Å². The summed E-state index contributed by atoms with van der Waals surface area (Å²) in [4.78, 5) is 12.2. The minimum absolute atomic E-state index is 0.0412. The smallest absolute Gasteiger partial charge is 0.251 e. The zero-order valence-corrected chi connectivity index (χ0v) is 12.7. The number of halogens is 1. The number of nitrogens with one attached hydrogen (secondary N) is 1. The molecule has 0 saturated heterocycles. The van der Waals surface area contributed by atoms with Gasteiger partial charge in [0.15, 0.2) is 0 Å². The molecule has 0 aliphatic rings.